The van der Waals surface area contributed by atoms with Crippen LogP contribution in [0.2, 0.25) is 0 Å². The average molecular weight is 800 g/mol. The van der Waals surface area contributed by atoms with Crippen molar-refractivity contribution in [3.05, 3.63) is 24.3 Å². The number of rotatable bonds is 43. The van der Waals surface area contributed by atoms with Crippen LogP contribution in [0.25, 0.3) is 0 Å². The molecular weight excluding hydrogens is 713 g/mol. The third-order valence-electron chi connectivity index (χ3n) is 9.82. The van der Waals surface area contributed by atoms with Crippen LogP contribution >= 0.6 is 7.82 Å². The lowest BCUT2D eigenvalue weighted by Crippen LogP contribution is -2.29. The molecule has 0 saturated carbocycles. The third kappa shape index (κ3) is 41.9. The molecule has 0 aromatic rings. The maximum Gasteiger partial charge on any atom is 0.472 e. The van der Waals surface area contributed by atoms with Gasteiger partial charge in [0, 0.05) is 19.4 Å². The standard InChI is InChI=1S/C45H86NO8P/c1-3-5-7-9-11-13-15-17-19-20-21-22-24-25-27-29-31-33-35-37-44(47)51-41-43(42-53-55(49,50)52-40-39-46)54-45(48)38-36-34-32-30-28-26-23-18-16-14-12-10-8-6-4-2/h17,19,32,34,43H,3-16,18,20-31,33,35-42,46H2,1-2H3,(H,49,50)/b19-17+,34-32+/t43-/m1/s1. The zero-order valence-corrected chi connectivity index (χ0v) is 36.6. The molecule has 0 aromatic carbocycles. The van der Waals surface area contributed by atoms with Crippen molar-refractivity contribution in [2.45, 2.75) is 225 Å². The number of phosphoric ester groups is 1. The Balaban J connectivity index is 4.12. The number of carbonyl (C=O) groups excluding carboxylic acids is 2. The molecule has 3 N–H and O–H groups in total. The molecule has 0 aliphatic heterocycles. The molecule has 0 saturated heterocycles. The second-order valence-corrected chi connectivity index (χ2v) is 16.7. The van der Waals surface area contributed by atoms with E-state index in [9.17, 15) is 19.0 Å². The molecule has 55 heavy (non-hydrogen) atoms. The van der Waals surface area contributed by atoms with Gasteiger partial charge in [-0.2, -0.15) is 0 Å². The third-order valence-corrected chi connectivity index (χ3v) is 10.8. The predicted molar refractivity (Wildman–Crippen MR) is 229 cm³/mol. The van der Waals surface area contributed by atoms with Gasteiger partial charge in [-0.25, -0.2) is 4.57 Å². The summed E-state index contributed by atoms with van der Waals surface area (Å²) in [6.07, 6.45) is 45.1. The van der Waals surface area contributed by atoms with Crippen LogP contribution in [0, 0.1) is 0 Å². The molecule has 0 bridgehead atoms. The van der Waals surface area contributed by atoms with Gasteiger partial charge in [-0.05, 0) is 51.4 Å². The fraction of sp³-hybridized carbons (Fsp3) is 0.867. The van der Waals surface area contributed by atoms with Crippen molar-refractivity contribution in [2.75, 3.05) is 26.4 Å². The Morgan fingerprint density at radius 1 is 0.527 bits per heavy atom. The van der Waals surface area contributed by atoms with Crippen LogP contribution in [0.5, 0.6) is 0 Å². The maximum atomic E-state index is 12.6. The van der Waals surface area contributed by atoms with Crippen LogP contribution in [-0.4, -0.2) is 49.3 Å². The van der Waals surface area contributed by atoms with Gasteiger partial charge in [0.05, 0.1) is 13.2 Å². The number of allylic oxidation sites excluding steroid dienone is 4. The zero-order chi connectivity index (χ0) is 40.3. The van der Waals surface area contributed by atoms with Gasteiger partial charge in [0.2, 0.25) is 0 Å². The molecule has 324 valence electrons. The van der Waals surface area contributed by atoms with Crippen molar-refractivity contribution in [1.29, 1.82) is 0 Å². The van der Waals surface area contributed by atoms with E-state index in [0.29, 0.717) is 6.42 Å². The Morgan fingerprint density at radius 2 is 0.927 bits per heavy atom. The largest absolute Gasteiger partial charge is 0.472 e. The summed E-state index contributed by atoms with van der Waals surface area (Å²) in [4.78, 5) is 34.9. The monoisotopic (exact) mass is 800 g/mol. The minimum atomic E-state index is -4.38. The fourth-order valence-corrected chi connectivity index (χ4v) is 7.18. The van der Waals surface area contributed by atoms with Gasteiger partial charge in [-0.1, -0.05) is 179 Å². The summed E-state index contributed by atoms with van der Waals surface area (Å²) in [5.41, 5.74) is 5.35. The van der Waals surface area contributed by atoms with Crippen molar-refractivity contribution < 1.29 is 37.6 Å². The topological polar surface area (TPSA) is 134 Å². The number of nitrogens with two attached hydrogens (primary N) is 1. The molecule has 1 unspecified atom stereocenters. The van der Waals surface area contributed by atoms with Gasteiger partial charge in [-0.15, -0.1) is 0 Å². The number of carbonyl (C=O) groups is 2. The molecule has 0 aliphatic carbocycles. The molecule has 0 heterocycles. The zero-order valence-electron chi connectivity index (χ0n) is 35.7. The van der Waals surface area contributed by atoms with Crippen LogP contribution in [0.3, 0.4) is 0 Å². The Kier molecular flexibility index (Phi) is 40.9. The Bertz CT molecular complexity index is 959. The lowest BCUT2D eigenvalue weighted by Gasteiger charge is -2.19. The van der Waals surface area contributed by atoms with Crippen LogP contribution < -0.4 is 5.73 Å². The molecule has 9 nitrogen and oxygen atoms in total. The average Bonchev–Trinajstić information content (AvgIpc) is 3.17. The molecule has 0 rings (SSSR count). The van der Waals surface area contributed by atoms with E-state index in [4.69, 9.17) is 24.3 Å². The van der Waals surface area contributed by atoms with E-state index in [0.717, 1.165) is 32.1 Å². The van der Waals surface area contributed by atoms with Crippen molar-refractivity contribution in [2.24, 2.45) is 5.73 Å². The Labute approximate surface area is 338 Å². The first-order valence-electron chi connectivity index (χ1n) is 22.8. The van der Waals surface area contributed by atoms with Crippen molar-refractivity contribution in [3.8, 4) is 0 Å². The van der Waals surface area contributed by atoms with E-state index in [1.165, 1.54) is 154 Å². The number of ether oxygens (including phenoxy) is 2. The molecule has 0 spiro atoms. The van der Waals surface area contributed by atoms with Gasteiger partial charge < -0.3 is 20.1 Å². The first-order chi connectivity index (χ1) is 26.8. The summed E-state index contributed by atoms with van der Waals surface area (Å²) in [7, 11) is -4.38. The molecule has 10 heteroatoms. The number of unbranched alkanes of at least 4 members (excludes halogenated alkanes) is 26. The molecule has 0 aliphatic rings. The lowest BCUT2D eigenvalue weighted by atomic mass is 10.1. The van der Waals surface area contributed by atoms with Crippen molar-refractivity contribution in [1.82, 2.24) is 0 Å². The molecule has 2 atom stereocenters. The lowest BCUT2D eigenvalue weighted by molar-refractivity contribution is -0.161. The van der Waals surface area contributed by atoms with Crippen molar-refractivity contribution >= 4 is 19.8 Å². The summed E-state index contributed by atoms with van der Waals surface area (Å²) >= 11 is 0. The van der Waals surface area contributed by atoms with Crippen LogP contribution in [0.4, 0.5) is 0 Å². The van der Waals surface area contributed by atoms with Crippen LogP contribution in [0.15, 0.2) is 24.3 Å². The van der Waals surface area contributed by atoms with Gasteiger partial charge in [0.25, 0.3) is 0 Å². The van der Waals surface area contributed by atoms with Crippen molar-refractivity contribution in [3.63, 3.8) is 0 Å². The van der Waals surface area contributed by atoms with Gasteiger partial charge in [-0.3, -0.25) is 18.6 Å². The number of phosphoric acid groups is 1. The molecular formula is C45H86NO8P. The highest BCUT2D eigenvalue weighted by Crippen LogP contribution is 2.43. The Hall–Kier alpha value is -1.51. The van der Waals surface area contributed by atoms with E-state index >= 15 is 0 Å². The van der Waals surface area contributed by atoms with E-state index < -0.39 is 26.5 Å². The predicted octanol–water partition coefficient (Wildman–Crippen LogP) is 13.2. The molecule has 0 amide bonds. The smallest absolute Gasteiger partial charge is 0.462 e. The summed E-state index contributed by atoms with van der Waals surface area (Å²) in [5, 5.41) is 0. The molecule has 0 radical (unpaired) electrons. The fourth-order valence-electron chi connectivity index (χ4n) is 6.41. The molecule has 0 aromatic heterocycles. The summed E-state index contributed by atoms with van der Waals surface area (Å²) < 4.78 is 32.8. The highest BCUT2D eigenvalue weighted by atomic mass is 31.2. The van der Waals surface area contributed by atoms with Crippen LogP contribution in [-0.2, 0) is 32.7 Å². The van der Waals surface area contributed by atoms with E-state index in [1.54, 1.807) is 0 Å². The van der Waals surface area contributed by atoms with Gasteiger partial charge in [0.15, 0.2) is 6.10 Å². The summed E-state index contributed by atoms with van der Waals surface area (Å²) in [5.74, 6) is -0.880. The van der Waals surface area contributed by atoms with Crippen LogP contribution in [0.1, 0.15) is 219 Å². The first-order valence-corrected chi connectivity index (χ1v) is 24.3. The SMILES string of the molecule is CCCCCCCC/C=C/CCCCCCCCCCCC(=O)OC[C@H](COP(=O)(O)OCCN)OC(=O)CC/C=C/CCCCCCCCCCCCC. The van der Waals surface area contributed by atoms with E-state index in [-0.39, 0.29) is 38.6 Å². The quantitative estimate of drug-likeness (QED) is 0.0267. The number of esters is 2. The minimum Gasteiger partial charge on any atom is -0.462 e. The number of hydrogen-bond donors (Lipinski definition) is 2. The van der Waals surface area contributed by atoms with E-state index in [1.807, 2.05) is 6.08 Å². The number of hydrogen-bond acceptors (Lipinski definition) is 8. The summed E-state index contributed by atoms with van der Waals surface area (Å²) in [6, 6.07) is 0. The van der Waals surface area contributed by atoms with Gasteiger partial charge in [0.1, 0.15) is 6.61 Å². The van der Waals surface area contributed by atoms with Gasteiger partial charge >= 0.3 is 19.8 Å². The normalized spacial score (nSPS) is 13.5. The second-order valence-electron chi connectivity index (χ2n) is 15.3. The Morgan fingerprint density at radius 3 is 1.36 bits per heavy atom. The highest BCUT2D eigenvalue weighted by Gasteiger charge is 2.25. The first kappa shape index (κ1) is 53.5. The highest BCUT2D eigenvalue weighted by molar-refractivity contribution is 7.47. The second kappa shape index (κ2) is 42.1. The molecule has 0 fully saturated rings. The summed E-state index contributed by atoms with van der Waals surface area (Å²) in [6.45, 7) is 3.71. The minimum absolute atomic E-state index is 0.0498. The maximum absolute atomic E-state index is 12.6. The van der Waals surface area contributed by atoms with E-state index in [2.05, 4.69) is 32.1 Å².